The fraction of sp³-hybridized carbons (Fsp3) is 0.444. The van der Waals surface area contributed by atoms with Gasteiger partial charge in [-0.2, -0.15) is 0 Å². The smallest absolute Gasteiger partial charge is 0.146 e. The Kier molecular flexibility index (Phi) is 5.38. The molecule has 1 heterocycles. The van der Waals surface area contributed by atoms with Crippen molar-refractivity contribution in [1.29, 1.82) is 0 Å². The molecule has 4 N–H and O–H groups in total. The minimum Gasteiger partial charge on any atom is -0.394 e. The van der Waals surface area contributed by atoms with E-state index in [2.05, 4.69) is 26.2 Å². The van der Waals surface area contributed by atoms with E-state index in [0.717, 1.165) is 10.2 Å². The number of aliphatic hydroxyl groups excluding tert-OH is 1. The normalized spacial score (nSPS) is 10.3. The van der Waals surface area contributed by atoms with Gasteiger partial charge >= 0.3 is 0 Å². The molecule has 0 bridgehead atoms. The lowest BCUT2D eigenvalue weighted by Gasteiger charge is -2.08. The first kappa shape index (κ1) is 12.2. The van der Waals surface area contributed by atoms with Gasteiger partial charge in [0.25, 0.3) is 0 Å². The van der Waals surface area contributed by atoms with Crippen molar-refractivity contribution in [3.63, 3.8) is 0 Å². The van der Waals surface area contributed by atoms with E-state index >= 15 is 0 Å². The Balaban J connectivity index is 2.33. The van der Waals surface area contributed by atoms with Crippen LogP contribution < -0.4 is 11.1 Å². The van der Waals surface area contributed by atoms with E-state index in [1.807, 2.05) is 6.07 Å². The molecule has 15 heavy (non-hydrogen) atoms. The number of aliphatic hydroxyl groups is 1. The first-order valence-electron chi connectivity index (χ1n) is 4.57. The summed E-state index contributed by atoms with van der Waals surface area (Å²) in [6.07, 6.45) is 1.64. The Hall–Kier alpha value is -0.850. The third kappa shape index (κ3) is 4.46. The summed E-state index contributed by atoms with van der Waals surface area (Å²) in [4.78, 5) is 3.98. The molecule has 1 rings (SSSR count). The number of nitrogen functional groups attached to an aromatic ring is 1. The Morgan fingerprint density at radius 2 is 2.33 bits per heavy atom. The van der Waals surface area contributed by atoms with Crippen molar-refractivity contribution < 1.29 is 9.84 Å². The van der Waals surface area contributed by atoms with Gasteiger partial charge in [0.2, 0.25) is 0 Å². The van der Waals surface area contributed by atoms with Gasteiger partial charge in [0.1, 0.15) is 5.82 Å². The van der Waals surface area contributed by atoms with Gasteiger partial charge in [-0.25, -0.2) is 4.98 Å². The van der Waals surface area contributed by atoms with Gasteiger partial charge in [0.05, 0.1) is 25.5 Å². The summed E-state index contributed by atoms with van der Waals surface area (Å²) in [7, 11) is 0. The number of hydrogen-bond acceptors (Lipinski definition) is 5. The fourth-order valence-corrected chi connectivity index (χ4v) is 1.35. The number of ether oxygens (including phenoxy) is 1. The third-order valence-corrected chi connectivity index (χ3v) is 2.12. The molecule has 0 spiro atoms. The zero-order valence-corrected chi connectivity index (χ0v) is 9.83. The van der Waals surface area contributed by atoms with Crippen LogP contribution in [0.15, 0.2) is 16.7 Å². The van der Waals surface area contributed by atoms with Crippen LogP contribution in [-0.4, -0.2) is 36.5 Å². The minimum atomic E-state index is 0.0422. The summed E-state index contributed by atoms with van der Waals surface area (Å²) in [5, 5.41) is 11.6. The summed E-state index contributed by atoms with van der Waals surface area (Å²) in [6.45, 7) is 1.54. The first-order valence-corrected chi connectivity index (χ1v) is 5.37. The number of aromatic nitrogens is 1. The average molecular weight is 276 g/mol. The van der Waals surface area contributed by atoms with E-state index in [-0.39, 0.29) is 6.61 Å². The molecule has 6 heteroatoms. The Labute approximate surface area is 96.8 Å². The number of nitrogens with two attached hydrogens (primary N) is 1. The van der Waals surface area contributed by atoms with Gasteiger partial charge in [0.15, 0.2) is 0 Å². The Morgan fingerprint density at radius 3 is 3.07 bits per heavy atom. The molecule has 0 fully saturated rings. The zero-order chi connectivity index (χ0) is 11.1. The molecule has 84 valence electrons. The molecule has 5 nitrogen and oxygen atoms in total. The molecule has 0 aliphatic rings. The van der Waals surface area contributed by atoms with E-state index < -0.39 is 0 Å². The molecule has 0 atom stereocenters. The average Bonchev–Trinajstić information content (AvgIpc) is 2.23. The van der Waals surface area contributed by atoms with Crippen LogP contribution in [0.1, 0.15) is 0 Å². The van der Waals surface area contributed by atoms with Crippen molar-refractivity contribution >= 4 is 27.4 Å². The van der Waals surface area contributed by atoms with Gasteiger partial charge in [-0.1, -0.05) is 0 Å². The van der Waals surface area contributed by atoms with E-state index in [1.165, 1.54) is 0 Å². The molecule has 0 saturated heterocycles. The largest absolute Gasteiger partial charge is 0.394 e. The molecular formula is C9H14BrN3O2. The van der Waals surface area contributed by atoms with Gasteiger partial charge in [-0.15, -0.1) is 0 Å². The van der Waals surface area contributed by atoms with E-state index in [0.29, 0.717) is 25.6 Å². The maximum Gasteiger partial charge on any atom is 0.146 e. The number of anilines is 2. The molecule has 0 aliphatic heterocycles. The lowest BCUT2D eigenvalue weighted by atomic mass is 10.4. The molecular weight excluding hydrogens is 262 g/mol. The predicted octanol–water partition coefficient (Wildman–Crippen LogP) is 0.847. The standard InChI is InChI=1S/C9H14BrN3O2/c10-7-5-8(9(11)13-6-7)12-1-3-15-4-2-14/h5-6,12,14H,1-4H2,(H2,11,13). The van der Waals surface area contributed by atoms with Crippen LogP contribution in [0.2, 0.25) is 0 Å². The number of hydrogen-bond donors (Lipinski definition) is 3. The molecule has 1 aromatic heterocycles. The topological polar surface area (TPSA) is 80.4 Å². The van der Waals surface area contributed by atoms with Gasteiger partial charge in [-0.3, -0.25) is 0 Å². The lowest BCUT2D eigenvalue weighted by molar-refractivity contribution is 0.0992. The van der Waals surface area contributed by atoms with Crippen molar-refractivity contribution in [2.45, 2.75) is 0 Å². The summed E-state index contributed by atoms with van der Waals surface area (Å²) in [5.41, 5.74) is 6.43. The van der Waals surface area contributed by atoms with Crippen molar-refractivity contribution in [2.75, 3.05) is 37.4 Å². The molecule has 0 saturated carbocycles. The lowest BCUT2D eigenvalue weighted by Crippen LogP contribution is -2.12. The second-order valence-corrected chi connectivity index (χ2v) is 3.76. The van der Waals surface area contributed by atoms with Crippen molar-refractivity contribution in [3.8, 4) is 0 Å². The van der Waals surface area contributed by atoms with Crippen molar-refractivity contribution in [2.24, 2.45) is 0 Å². The quantitative estimate of drug-likeness (QED) is 0.671. The summed E-state index contributed by atoms with van der Waals surface area (Å²) >= 11 is 3.31. The van der Waals surface area contributed by atoms with Crippen LogP contribution in [0.4, 0.5) is 11.5 Å². The van der Waals surface area contributed by atoms with Gasteiger partial charge in [-0.05, 0) is 22.0 Å². The molecule has 0 aliphatic carbocycles. The maximum atomic E-state index is 8.48. The second kappa shape index (κ2) is 6.60. The highest BCUT2D eigenvalue weighted by Crippen LogP contribution is 2.19. The molecule has 0 amide bonds. The molecule has 0 aromatic carbocycles. The maximum absolute atomic E-state index is 8.48. The number of rotatable bonds is 6. The third-order valence-electron chi connectivity index (χ3n) is 1.68. The number of nitrogens with one attached hydrogen (secondary N) is 1. The first-order chi connectivity index (χ1) is 7.24. The minimum absolute atomic E-state index is 0.0422. The van der Waals surface area contributed by atoms with Crippen LogP contribution in [0.5, 0.6) is 0 Å². The van der Waals surface area contributed by atoms with E-state index in [4.69, 9.17) is 15.6 Å². The van der Waals surface area contributed by atoms with Gasteiger partial charge in [0, 0.05) is 17.2 Å². The monoisotopic (exact) mass is 275 g/mol. The molecule has 1 aromatic rings. The van der Waals surface area contributed by atoms with Crippen LogP contribution in [-0.2, 0) is 4.74 Å². The Bertz CT molecular complexity index is 309. The number of pyridine rings is 1. The van der Waals surface area contributed by atoms with Crippen molar-refractivity contribution in [3.05, 3.63) is 16.7 Å². The molecule has 0 unspecified atom stereocenters. The Morgan fingerprint density at radius 1 is 1.53 bits per heavy atom. The summed E-state index contributed by atoms with van der Waals surface area (Å²) in [5.74, 6) is 0.459. The number of halogens is 1. The van der Waals surface area contributed by atoms with Crippen molar-refractivity contribution in [1.82, 2.24) is 4.98 Å². The highest BCUT2D eigenvalue weighted by atomic mass is 79.9. The van der Waals surface area contributed by atoms with E-state index in [9.17, 15) is 0 Å². The van der Waals surface area contributed by atoms with Crippen LogP contribution in [0.25, 0.3) is 0 Å². The summed E-state index contributed by atoms with van der Waals surface area (Å²) < 4.78 is 5.96. The number of nitrogens with zero attached hydrogens (tertiary/aromatic N) is 1. The van der Waals surface area contributed by atoms with Gasteiger partial charge < -0.3 is 20.9 Å². The fourth-order valence-electron chi connectivity index (χ4n) is 1.02. The highest BCUT2D eigenvalue weighted by Gasteiger charge is 1.99. The second-order valence-electron chi connectivity index (χ2n) is 2.85. The van der Waals surface area contributed by atoms with E-state index in [1.54, 1.807) is 6.20 Å². The van der Waals surface area contributed by atoms with Crippen LogP contribution in [0.3, 0.4) is 0 Å². The van der Waals surface area contributed by atoms with Crippen LogP contribution >= 0.6 is 15.9 Å². The zero-order valence-electron chi connectivity index (χ0n) is 8.24. The predicted molar refractivity (Wildman–Crippen MR) is 62.7 cm³/mol. The van der Waals surface area contributed by atoms with Crippen LogP contribution in [0, 0.1) is 0 Å². The highest BCUT2D eigenvalue weighted by molar-refractivity contribution is 9.10. The molecule has 0 radical (unpaired) electrons. The SMILES string of the molecule is Nc1ncc(Br)cc1NCCOCCO. The summed E-state index contributed by atoms with van der Waals surface area (Å²) in [6, 6.07) is 1.86.